The minimum Gasteiger partial charge on any atom is -0.337 e. The summed E-state index contributed by atoms with van der Waals surface area (Å²) in [5, 5.41) is 2.96. The summed E-state index contributed by atoms with van der Waals surface area (Å²) in [4.78, 5) is 38.3. The predicted molar refractivity (Wildman–Crippen MR) is 112 cm³/mol. The maximum absolute atomic E-state index is 12.6. The van der Waals surface area contributed by atoms with Crippen LogP contribution in [-0.2, 0) is 16.0 Å². The van der Waals surface area contributed by atoms with Crippen molar-refractivity contribution in [1.82, 2.24) is 14.9 Å². The first kappa shape index (κ1) is 20.7. The number of likely N-dealkylation sites (N-methyl/N-ethyl adjacent to an activating group) is 1. The van der Waals surface area contributed by atoms with Crippen molar-refractivity contribution in [3.05, 3.63) is 48.3 Å². The Bertz CT molecular complexity index is 821. The van der Waals surface area contributed by atoms with Gasteiger partial charge in [-0.25, -0.2) is 9.97 Å². The highest BCUT2D eigenvalue weighted by Gasteiger charge is 2.25. The molecule has 8 heteroatoms. The van der Waals surface area contributed by atoms with Crippen molar-refractivity contribution < 1.29 is 14.5 Å². The molecule has 3 rings (SSSR count). The number of aromatic nitrogens is 2. The van der Waals surface area contributed by atoms with E-state index in [0.717, 1.165) is 22.6 Å². The summed E-state index contributed by atoms with van der Waals surface area (Å²) in [5.74, 6) is 0.687. The van der Waals surface area contributed by atoms with Gasteiger partial charge < -0.3 is 20.0 Å². The highest BCUT2D eigenvalue weighted by atomic mass is 16.2. The largest absolute Gasteiger partial charge is 0.337 e. The number of nitrogens with one attached hydrogen (secondary N) is 2. The number of hydrogen-bond donors (Lipinski definition) is 2. The zero-order valence-corrected chi connectivity index (χ0v) is 17.1. The molecule has 0 bridgehead atoms. The fourth-order valence-corrected chi connectivity index (χ4v) is 3.46. The van der Waals surface area contributed by atoms with E-state index in [4.69, 9.17) is 0 Å². The molecule has 0 radical (unpaired) electrons. The molecule has 1 aromatic carbocycles. The molecule has 1 aliphatic heterocycles. The second-order valence-corrected chi connectivity index (χ2v) is 7.29. The molecule has 0 saturated carbocycles. The summed E-state index contributed by atoms with van der Waals surface area (Å²) < 4.78 is 0. The van der Waals surface area contributed by atoms with E-state index in [1.54, 1.807) is 18.5 Å². The van der Waals surface area contributed by atoms with Gasteiger partial charge in [-0.3, -0.25) is 9.59 Å². The van der Waals surface area contributed by atoms with Crippen LogP contribution in [0.1, 0.15) is 12.5 Å². The third-order valence-electron chi connectivity index (χ3n) is 5.06. The van der Waals surface area contributed by atoms with Gasteiger partial charge in [0.2, 0.25) is 5.95 Å². The molecule has 29 heavy (non-hydrogen) atoms. The Labute approximate surface area is 171 Å². The van der Waals surface area contributed by atoms with Crippen LogP contribution >= 0.6 is 0 Å². The van der Waals surface area contributed by atoms with E-state index >= 15 is 0 Å². The topological polar surface area (TPSA) is 82.9 Å². The van der Waals surface area contributed by atoms with Gasteiger partial charge in [0.1, 0.15) is 0 Å². The van der Waals surface area contributed by atoms with Crippen molar-refractivity contribution >= 4 is 23.5 Å². The number of benzene rings is 1. The monoisotopic (exact) mass is 397 g/mol. The van der Waals surface area contributed by atoms with Crippen molar-refractivity contribution in [2.45, 2.75) is 13.3 Å². The zero-order chi connectivity index (χ0) is 20.6. The molecule has 1 fully saturated rings. The first-order valence-electron chi connectivity index (χ1n) is 10.1. The van der Waals surface area contributed by atoms with Crippen LogP contribution in [0.25, 0.3) is 0 Å². The molecular formula is C21H29N6O2+. The molecule has 8 nitrogen and oxygen atoms in total. The molecule has 1 atom stereocenters. The molecule has 2 aromatic rings. The fourth-order valence-electron chi connectivity index (χ4n) is 3.46. The van der Waals surface area contributed by atoms with E-state index in [-0.39, 0.29) is 18.4 Å². The molecule has 1 aliphatic rings. The van der Waals surface area contributed by atoms with E-state index < -0.39 is 0 Å². The SMILES string of the molecule is CCc1ccccc1NC(=O)C[NH+](C)CC(=O)N1CCN(c2ncccn2)CC1. The molecule has 154 valence electrons. The third kappa shape index (κ3) is 5.74. The van der Waals surface area contributed by atoms with E-state index in [0.29, 0.717) is 38.7 Å². The number of nitrogens with zero attached hydrogens (tertiary/aromatic N) is 4. The summed E-state index contributed by atoms with van der Waals surface area (Å²) in [6, 6.07) is 9.59. The highest BCUT2D eigenvalue weighted by molar-refractivity contribution is 5.92. The maximum atomic E-state index is 12.6. The molecule has 1 unspecified atom stereocenters. The first-order valence-corrected chi connectivity index (χ1v) is 10.1. The molecule has 2 heterocycles. The summed E-state index contributed by atoms with van der Waals surface area (Å²) >= 11 is 0. The maximum Gasteiger partial charge on any atom is 0.279 e. The van der Waals surface area contributed by atoms with E-state index in [2.05, 4.69) is 27.1 Å². The quantitative estimate of drug-likeness (QED) is 0.679. The number of carbonyl (C=O) groups excluding carboxylic acids is 2. The van der Waals surface area contributed by atoms with Crippen LogP contribution in [0.4, 0.5) is 11.6 Å². The average molecular weight is 398 g/mol. The number of rotatable bonds is 7. The van der Waals surface area contributed by atoms with Crippen molar-refractivity contribution in [3.8, 4) is 0 Å². The normalized spacial score (nSPS) is 15.1. The smallest absolute Gasteiger partial charge is 0.279 e. The van der Waals surface area contributed by atoms with Gasteiger partial charge in [-0.15, -0.1) is 0 Å². The number of piperazine rings is 1. The minimum atomic E-state index is -0.0813. The Balaban J connectivity index is 1.44. The fraction of sp³-hybridized carbons (Fsp3) is 0.429. The highest BCUT2D eigenvalue weighted by Crippen LogP contribution is 2.14. The van der Waals surface area contributed by atoms with Gasteiger partial charge in [-0.2, -0.15) is 0 Å². The van der Waals surface area contributed by atoms with Crippen molar-refractivity contribution in [2.75, 3.05) is 56.5 Å². The van der Waals surface area contributed by atoms with Gasteiger partial charge in [0.15, 0.2) is 13.1 Å². The zero-order valence-electron chi connectivity index (χ0n) is 17.1. The Morgan fingerprint density at radius 1 is 1.03 bits per heavy atom. The Morgan fingerprint density at radius 2 is 1.72 bits per heavy atom. The number of aryl methyl sites for hydroxylation is 1. The molecule has 1 aromatic heterocycles. The van der Waals surface area contributed by atoms with Gasteiger partial charge in [-0.05, 0) is 24.1 Å². The van der Waals surface area contributed by atoms with Crippen molar-refractivity contribution in [1.29, 1.82) is 0 Å². The molecule has 0 spiro atoms. The van der Waals surface area contributed by atoms with E-state index in [9.17, 15) is 9.59 Å². The summed E-state index contributed by atoms with van der Waals surface area (Å²) in [5.41, 5.74) is 1.95. The van der Waals surface area contributed by atoms with Gasteiger partial charge >= 0.3 is 0 Å². The lowest BCUT2D eigenvalue weighted by molar-refractivity contribution is -0.862. The van der Waals surface area contributed by atoms with Crippen LogP contribution in [-0.4, -0.2) is 73.0 Å². The lowest BCUT2D eigenvalue weighted by Crippen LogP contribution is -3.11. The second-order valence-electron chi connectivity index (χ2n) is 7.29. The summed E-state index contributed by atoms with van der Waals surface area (Å²) in [6.45, 7) is 5.31. The summed E-state index contributed by atoms with van der Waals surface area (Å²) in [6.07, 6.45) is 4.31. The first-order chi connectivity index (χ1) is 14.1. The second kappa shape index (κ2) is 9.97. The molecule has 0 aliphatic carbocycles. The molecule has 2 amide bonds. The van der Waals surface area contributed by atoms with Crippen LogP contribution in [0, 0.1) is 0 Å². The predicted octanol–water partition coefficient (Wildman–Crippen LogP) is -0.159. The van der Waals surface area contributed by atoms with Gasteiger partial charge in [0.05, 0.1) is 7.05 Å². The van der Waals surface area contributed by atoms with Crippen molar-refractivity contribution in [2.24, 2.45) is 0 Å². The molecule has 2 N–H and O–H groups in total. The third-order valence-corrected chi connectivity index (χ3v) is 5.06. The van der Waals surface area contributed by atoms with Crippen LogP contribution in [0.2, 0.25) is 0 Å². The Hall–Kier alpha value is -3.00. The lowest BCUT2D eigenvalue weighted by Gasteiger charge is -2.34. The van der Waals surface area contributed by atoms with E-state index in [1.807, 2.05) is 36.2 Å². The Morgan fingerprint density at radius 3 is 2.41 bits per heavy atom. The molecular weight excluding hydrogens is 368 g/mol. The number of hydrogen-bond acceptors (Lipinski definition) is 5. The minimum absolute atomic E-state index is 0.0675. The number of carbonyl (C=O) groups is 2. The summed E-state index contributed by atoms with van der Waals surface area (Å²) in [7, 11) is 1.87. The van der Waals surface area contributed by atoms with Crippen LogP contribution < -0.4 is 15.1 Å². The number of anilines is 2. The number of quaternary nitrogens is 1. The van der Waals surface area contributed by atoms with E-state index in [1.165, 1.54) is 0 Å². The van der Waals surface area contributed by atoms with Gasteiger partial charge in [-0.1, -0.05) is 25.1 Å². The lowest BCUT2D eigenvalue weighted by atomic mass is 10.1. The van der Waals surface area contributed by atoms with Gasteiger partial charge in [0, 0.05) is 44.3 Å². The average Bonchev–Trinajstić information content (AvgIpc) is 2.74. The van der Waals surface area contributed by atoms with Crippen LogP contribution in [0.15, 0.2) is 42.7 Å². The number of para-hydroxylation sites is 1. The molecule has 1 saturated heterocycles. The standard InChI is InChI=1S/C21H28N6O2/c1-3-17-7-4-5-8-18(17)24-19(28)15-25(2)16-20(29)26-11-13-27(14-12-26)21-22-9-6-10-23-21/h4-10H,3,11-16H2,1-2H3,(H,24,28)/p+1. The number of amides is 2. The van der Waals surface area contributed by atoms with Crippen LogP contribution in [0.3, 0.4) is 0 Å². The van der Waals surface area contributed by atoms with Gasteiger partial charge in [0.25, 0.3) is 11.8 Å². The van der Waals surface area contributed by atoms with Crippen LogP contribution in [0.5, 0.6) is 0 Å². The Kier molecular flexibility index (Phi) is 7.13. The van der Waals surface area contributed by atoms with Crippen molar-refractivity contribution in [3.63, 3.8) is 0 Å².